The molecule has 9 heavy (non-hydrogen) atoms. The lowest BCUT2D eigenvalue weighted by Gasteiger charge is -2.18. The van der Waals surface area contributed by atoms with Gasteiger partial charge in [0, 0.05) is 12.2 Å². The average molecular weight is 206 g/mol. The molecular weight excluding hydrogens is 198 g/mol. The van der Waals surface area contributed by atoms with Crippen LogP contribution in [0.25, 0.3) is 0 Å². The maximum absolute atomic E-state index is 3.57. The zero-order valence-electron chi connectivity index (χ0n) is 4.96. The highest BCUT2D eigenvalue weighted by Crippen LogP contribution is 2.38. The van der Waals surface area contributed by atoms with Gasteiger partial charge in [0.15, 0.2) is 0 Å². The molecule has 0 spiro atoms. The van der Waals surface area contributed by atoms with Crippen LogP contribution in [0.15, 0.2) is 11.6 Å². The first-order valence-corrected chi connectivity index (χ1v) is 4.97. The van der Waals surface area contributed by atoms with Crippen molar-refractivity contribution in [1.82, 2.24) is 4.90 Å². The molecule has 1 unspecified atom stereocenters. The molecule has 0 aromatic heterocycles. The van der Waals surface area contributed by atoms with Gasteiger partial charge in [0.25, 0.3) is 0 Å². The van der Waals surface area contributed by atoms with Gasteiger partial charge in [0.1, 0.15) is 4.28 Å². The number of rotatable bonds is 1. The third kappa shape index (κ3) is 1.13. The fourth-order valence-electron chi connectivity index (χ4n) is 0.968. The van der Waals surface area contributed by atoms with Gasteiger partial charge in [-0.1, -0.05) is 27.7 Å². The molecule has 2 rings (SSSR count). The standard InChI is InChI=1S/C6H8BrNS/c7-6-8(3-4-9-6)5-1-2-5/h3-6H,1-2H2. The lowest BCUT2D eigenvalue weighted by molar-refractivity contribution is 0.420. The van der Waals surface area contributed by atoms with E-state index in [2.05, 4.69) is 32.4 Å². The summed E-state index contributed by atoms with van der Waals surface area (Å²) in [6, 6.07) is 0.848. The molecule has 2 aliphatic rings. The molecule has 0 aromatic carbocycles. The normalized spacial score (nSPS) is 33.9. The Morgan fingerprint density at radius 2 is 2.33 bits per heavy atom. The predicted octanol–water partition coefficient (Wildman–Crippen LogP) is 2.35. The Morgan fingerprint density at radius 1 is 1.56 bits per heavy atom. The van der Waals surface area contributed by atoms with E-state index in [1.165, 1.54) is 12.8 Å². The summed E-state index contributed by atoms with van der Waals surface area (Å²) in [7, 11) is 0. The maximum atomic E-state index is 3.57. The Kier molecular flexibility index (Phi) is 1.49. The molecule has 50 valence electrons. The van der Waals surface area contributed by atoms with Crippen molar-refractivity contribution in [1.29, 1.82) is 0 Å². The van der Waals surface area contributed by atoms with Crippen LogP contribution < -0.4 is 0 Å². The number of hydrogen-bond acceptors (Lipinski definition) is 2. The van der Waals surface area contributed by atoms with Crippen molar-refractivity contribution in [2.24, 2.45) is 0 Å². The largest absolute Gasteiger partial charge is 0.353 e. The molecule has 0 N–H and O–H groups in total. The van der Waals surface area contributed by atoms with Crippen LogP contribution in [0, 0.1) is 0 Å². The van der Waals surface area contributed by atoms with Gasteiger partial charge in [-0.2, -0.15) is 0 Å². The fourth-order valence-corrected chi connectivity index (χ4v) is 2.54. The van der Waals surface area contributed by atoms with Crippen LogP contribution in [0.5, 0.6) is 0 Å². The van der Waals surface area contributed by atoms with Gasteiger partial charge >= 0.3 is 0 Å². The fraction of sp³-hybridized carbons (Fsp3) is 0.667. The summed E-state index contributed by atoms with van der Waals surface area (Å²) in [6.45, 7) is 0. The summed E-state index contributed by atoms with van der Waals surface area (Å²) in [5, 5.41) is 2.15. The van der Waals surface area contributed by atoms with Crippen molar-refractivity contribution >= 4 is 27.7 Å². The first-order chi connectivity index (χ1) is 4.38. The second kappa shape index (κ2) is 2.20. The summed E-state index contributed by atoms with van der Waals surface area (Å²) in [4.78, 5) is 2.38. The second-order valence-electron chi connectivity index (χ2n) is 2.39. The molecular formula is C6H8BrNS. The Balaban J connectivity index is 2.01. The van der Waals surface area contributed by atoms with E-state index in [0.717, 1.165) is 6.04 Å². The smallest absolute Gasteiger partial charge is 0.135 e. The van der Waals surface area contributed by atoms with Crippen LogP contribution in [-0.4, -0.2) is 15.2 Å². The van der Waals surface area contributed by atoms with Crippen LogP contribution >= 0.6 is 27.7 Å². The highest BCUT2D eigenvalue weighted by atomic mass is 79.9. The van der Waals surface area contributed by atoms with E-state index in [1.54, 1.807) is 0 Å². The monoisotopic (exact) mass is 205 g/mol. The van der Waals surface area contributed by atoms with Crippen LogP contribution in [0.4, 0.5) is 0 Å². The maximum Gasteiger partial charge on any atom is 0.135 e. The van der Waals surface area contributed by atoms with Gasteiger partial charge in [-0.25, -0.2) is 0 Å². The van der Waals surface area contributed by atoms with E-state index in [0.29, 0.717) is 4.28 Å². The van der Waals surface area contributed by atoms with E-state index in [-0.39, 0.29) is 0 Å². The topological polar surface area (TPSA) is 3.24 Å². The van der Waals surface area contributed by atoms with E-state index in [9.17, 15) is 0 Å². The van der Waals surface area contributed by atoms with E-state index >= 15 is 0 Å². The van der Waals surface area contributed by atoms with Crippen molar-refractivity contribution in [2.75, 3.05) is 0 Å². The third-order valence-corrected chi connectivity index (χ3v) is 3.49. The SMILES string of the molecule is BrC1SC=CN1C1CC1. The number of hydrogen-bond donors (Lipinski definition) is 0. The number of halogens is 1. The molecule has 0 saturated heterocycles. The average Bonchev–Trinajstić information content (AvgIpc) is 2.58. The van der Waals surface area contributed by atoms with Crippen molar-refractivity contribution in [3.63, 3.8) is 0 Å². The zero-order valence-corrected chi connectivity index (χ0v) is 7.36. The van der Waals surface area contributed by atoms with Gasteiger partial charge < -0.3 is 4.90 Å². The Morgan fingerprint density at radius 3 is 2.78 bits per heavy atom. The second-order valence-corrected chi connectivity index (χ2v) is 4.86. The van der Waals surface area contributed by atoms with E-state index in [4.69, 9.17) is 0 Å². The first kappa shape index (κ1) is 6.10. The van der Waals surface area contributed by atoms with E-state index in [1.807, 2.05) is 11.8 Å². The molecule has 1 atom stereocenters. The minimum Gasteiger partial charge on any atom is -0.353 e. The van der Waals surface area contributed by atoms with Gasteiger partial charge in [-0.15, -0.1) is 0 Å². The molecule has 1 aliphatic carbocycles. The van der Waals surface area contributed by atoms with E-state index < -0.39 is 0 Å². The molecule has 3 heteroatoms. The van der Waals surface area contributed by atoms with Crippen molar-refractivity contribution < 1.29 is 0 Å². The summed E-state index contributed by atoms with van der Waals surface area (Å²) < 4.78 is 0.519. The van der Waals surface area contributed by atoms with Crippen LogP contribution in [0.2, 0.25) is 0 Å². The summed E-state index contributed by atoms with van der Waals surface area (Å²) >= 11 is 5.41. The molecule has 0 amide bonds. The van der Waals surface area contributed by atoms with Crippen LogP contribution in [0.1, 0.15) is 12.8 Å². The highest BCUT2D eigenvalue weighted by Gasteiger charge is 2.32. The van der Waals surface area contributed by atoms with Crippen LogP contribution in [-0.2, 0) is 0 Å². The molecule has 1 fully saturated rings. The molecule has 0 aromatic rings. The van der Waals surface area contributed by atoms with Gasteiger partial charge in [0.2, 0.25) is 0 Å². The highest BCUT2D eigenvalue weighted by molar-refractivity contribution is 9.11. The summed E-state index contributed by atoms with van der Waals surface area (Å²) in [5.41, 5.74) is 0. The van der Waals surface area contributed by atoms with Crippen molar-refractivity contribution in [3.8, 4) is 0 Å². The summed E-state index contributed by atoms with van der Waals surface area (Å²) in [6.07, 6.45) is 4.95. The predicted molar refractivity (Wildman–Crippen MR) is 44.3 cm³/mol. The Hall–Kier alpha value is 0.370. The van der Waals surface area contributed by atoms with Gasteiger partial charge in [0.05, 0.1) is 0 Å². The Bertz CT molecular complexity index is 144. The Labute approximate surface area is 67.6 Å². The molecule has 1 saturated carbocycles. The minimum atomic E-state index is 0.519. The quantitative estimate of drug-likeness (QED) is 0.478. The van der Waals surface area contributed by atoms with Gasteiger partial charge in [-0.05, 0) is 18.2 Å². The summed E-state index contributed by atoms with van der Waals surface area (Å²) in [5.74, 6) is 0. The molecule has 1 nitrogen and oxygen atoms in total. The van der Waals surface area contributed by atoms with Crippen molar-refractivity contribution in [3.05, 3.63) is 11.6 Å². The lowest BCUT2D eigenvalue weighted by atomic mass is 10.6. The third-order valence-electron chi connectivity index (χ3n) is 1.63. The zero-order chi connectivity index (χ0) is 6.27. The number of thioether (sulfide) groups is 1. The molecule has 1 heterocycles. The molecule has 0 radical (unpaired) electrons. The number of nitrogens with zero attached hydrogens (tertiary/aromatic N) is 1. The lowest BCUT2D eigenvalue weighted by Crippen LogP contribution is -2.21. The minimum absolute atomic E-state index is 0.519. The number of alkyl halides is 1. The van der Waals surface area contributed by atoms with Gasteiger partial charge in [-0.3, -0.25) is 0 Å². The molecule has 1 aliphatic heterocycles. The first-order valence-electron chi connectivity index (χ1n) is 3.11. The van der Waals surface area contributed by atoms with Crippen LogP contribution in [0.3, 0.4) is 0 Å². The van der Waals surface area contributed by atoms with Crippen molar-refractivity contribution in [2.45, 2.75) is 23.2 Å². The molecule has 0 bridgehead atoms.